The number of nitrogens with one attached hydrogen (secondary N) is 2. The molecule has 0 unspecified atom stereocenters. The highest BCUT2D eigenvalue weighted by atomic mass is 35.5. The molecule has 3 heterocycles. The number of pyridine rings is 1. The van der Waals surface area contributed by atoms with Gasteiger partial charge in [-0.3, -0.25) is 9.59 Å². The monoisotopic (exact) mass is 683 g/mol. The minimum atomic E-state index is -0.205. The number of hydrogen-bond donors (Lipinski definition) is 2. The fraction of sp³-hybridized carbons (Fsp3) is 0.457. The molecular formula is C35H40Cl3N5O3. The number of halogens is 3. The molecule has 0 radical (unpaired) electrons. The van der Waals surface area contributed by atoms with Crippen molar-refractivity contribution in [1.29, 1.82) is 0 Å². The Labute approximate surface area is 285 Å². The van der Waals surface area contributed by atoms with Crippen LogP contribution < -0.4 is 20.3 Å². The Morgan fingerprint density at radius 3 is 2.52 bits per heavy atom. The first kappa shape index (κ1) is 32.9. The van der Waals surface area contributed by atoms with Gasteiger partial charge in [-0.15, -0.1) is 0 Å². The molecule has 46 heavy (non-hydrogen) atoms. The summed E-state index contributed by atoms with van der Waals surface area (Å²) in [5.74, 6) is 1.36. The van der Waals surface area contributed by atoms with E-state index in [0.717, 1.165) is 66.8 Å². The number of carbonyl (C=O) groups excluding carboxylic acids is 2. The Bertz CT molecular complexity index is 1560. The van der Waals surface area contributed by atoms with Crippen LogP contribution in [0.4, 0.5) is 5.82 Å². The van der Waals surface area contributed by atoms with Crippen molar-refractivity contribution in [2.45, 2.75) is 63.6 Å². The Kier molecular flexibility index (Phi) is 10.3. The number of piperidine rings is 1. The normalized spacial score (nSPS) is 21.2. The van der Waals surface area contributed by atoms with Gasteiger partial charge in [-0.1, -0.05) is 53.0 Å². The average molecular weight is 685 g/mol. The van der Waals surface area contributed by atoms with Gasteiger partial charge in [-0.2, -0.15) is 0 Å². The molecule has 3 atom stereocenters. The number of nitrogens with zero attached hydrogens (tertiary/aromatic N) is 3. The topological polar surface area (TPSA) is 86.8 Å². The van der Waals surface area contributed by atoms with Gasteiger partial charge in [-0.25, -0.2) is 4.98 Å². The molecule has 1 aliphatic carbocycles. The number of anilines is 1. The van der Waals surface area contributed by atoms with E-state index >= 15 is 0 Å². The van der Waals surface area contributed by atoms with Crippen molar-refractivity contribution in [3.05, 3.63) is 86.0 Å². The lowest BCUT2D eigenvalue weighted by Gasteiger charge is -2.36. The fourth-order valence-electron chi connectivity index (χ4n) is 6.62. The number of hydrogen-bond acceptors (Lipinski definition) is 6. The van der Waals surface area contributed by atoms with Crippen molar-refractivity contribution in [3.63, 3.8) is 0 Å². The summed E-state index contributed by atoms with van der Waals surface area (Å²) < 4.78 is 6.22. The Morgan fingerprint density at radius 1 is 1.04 bits per heavy atom. The molecular weight excluding hydrogens is 645 g/mol. The summed E-state index contributed by atoms with van der Waals surface area (Å²) in [4.78, 5) is 35.3. The molecule has 1 saturated carbocycles. The number of ether oxygens (including phenoxy) is 1. The Morgan fingerprint density at radius 2 is 1.83 bits per heavy atom. The first-order valence-electron chi connectivity index (χ1n) is 16.0. The van der Waals surface area contributed by atoms with Crippen LogP contribution in [0.25, 0.3) is 0 Å². The van der Waals surface area contributed by atoms with Gasteiger partial charge < -0.3 is 25.2 Å². The van der Waals surface area contributed by atoms with E-state index < -0.39 is 0 Å². The fourth-order valence-corrected chi connectivity index (χ4v) is 7.48. The summed E-state index contributed by atoms with van der Waals surface area (Å²) in [5, 5.41) is 7.78. The highest BCUT2D eigenvalue weighted by Crippen LogP contribution is 2.38. The second-order valence-corrected chi connectivity index (χ2v) is 13.9. The van der Waals surface area contributed by atoms with Crippen LogP contribution in [0.15, 0.2) is 48.7 Å². The molecule has 0 spiro atoms. The number of rotatable bonds is 10. The number of aromatic nitrogens is 1. The van der Waals surface area contributed by atoms with Crippen LogP contribution in [-0.2, 0) is 22.6 Å². The van der Waals surface area contributed by atoms with E-state index in [9.17, 15) is 9.59 Å². The van der Waals surface area contributed by atoms with Gasteiger partial charge in [0.1, 0.15) is 11.9 Å². The van der Waals surface area contributed by atoms with Crippen molar-refractivity contribution >= 4 is 52.4 Å². The molecule has 6 rings (SSSR count). The maximum absolute atomic E-state index is 14.2. The maximum Gasteiger partial charge on any atom is 0.228 e. The molecule has 3 fully saturated rings. The zero-order chi connectivity index (χ0) is 32.4. The molecule has 244 valence electrons. The molecule has 3 aromatic rings. The summed E-state index contributed by atoms with van der Waals surface area (Å²) in [6, 6.07) is 13.8. The minimum Gasteiger partial charge on any atom is -0.485 e. The molecule has 2 N–H and O–H groups in total. The van der Waals surface area contributed by atoms with Crippen molar-refractivity contribution in [2.24, 2.45) is 5.92 Å². The molecule has 2 aromatic carbocycles. The lowest BCUT2D eigenvalue weighted by molar-refractivity contribution is -0.138. The third kappa shape index (κ3) is 7.57. The van der Waals surface area contributed by atoms with Gasteiger partial charge in [-0.05, 0) is 85.2 Å². The lowest BCUT2D eigenvalue weighted by Crippen LogP contribution is -2.47. The lowest BCUT2D eigenvalue weighted by atomic mass is 9.80. The molecule has 3 aliphatic rings. The summed E-state index contributed by atoms with van der Waals surface area (Å²) >= 11 is 19.4. The average Bonchev–Trinajstić information content (AvgIpc) is 3.79. The number of amides is 2. The van der Waals surface area contributed by atoms with Gasteiger partial charge >= 0.3 is 0 Å². The molecule has 1 aromatic heterocycles. The molecule has 2 amide bonds. The second kappa shape index (κ2) is 14.4. The summed E-state index contributed by atoms with van der Waals surface area (Å²) in [6.07, 6.45) is 5.85. The van der Waals surface area contributed by atoms with Crippen molar-refractivity contribution in [3.8, 4) is 5.75 Å². The predicted molar refractivity (Wildman–Crippen MR) is 183 cm³/mol. The number of benzene rings is 2. The van der Waals surface area contributed by atoms with E-state index in [2.05, 4.69) is 27.7 Å². The van der Waals surface area contributed by atoms with Gasteiger partial charge in [0.2, 0.25) is 11.8 Å². The van der Waals surface area contributed by atoms with Gasteiger partial charge in [0.05, 0.1) is 28.9 Å². The number of likely N-dealkylation sites (N-methyl/N-ethyl adjacent to an activating group) is 1. The maximum atomic E-state index is 14.2. The summed E-state index contributed by atoms with van der Waals surface area (Å²) in [6.45, 7) is 5.35. The second-order valence-electron chi connectivity index (χ2n) is 12.7. The number of carbonyl (C=O) groups is 2. The first-order chi connectivity index (χ1) is 22.2. The van der Waals surface area contributed by atoms with Crippen LogP contribution in [-0.4, -0.2) is 67.1 Å². The van der Waals surface area contributed by atoms with Crippen molar-refractivity contribution < 1.29 is 14.3 Å². The van der Waals surface area contributed by atoms with Crippen LogP contribution in [0.1, 0.15) is 53.9 Å². The summed E-state index contributed by atoms with van der Waals surface area (Å²) in [7, 11) is 1.63. The quantitative estimate of drug-likeness (QED) is 0.265. The smallest absolute Gasteiger partial charge is 0.228 e. The van der Waals surface area contributed by atoms with Gasteiger partial charge in [0.15, 0.2) is 5.75 Å². The van der Waals surface area contributed by atoms with Crippen LogP contribution in [0.3, 0.4) is 0 Å². The van der Waals surface area contributed by atoms with E-state index in [1.165, 1.54) is 0 Å². The van der Waals surface area contributed by atoms with E-state index in [1.54, 1.807) is 7.05 Å². The third-order valence-corrected chi connectivity index (χ3v) is 10.2. The molecule has 2 saturated heterocycles. The van der Waals surface area contributed by atoms with Gasteiger partial charge in [0.25, 0.3) is 0 Å². The molecule has 11 heteroatoms. The van der Waals surface area contributed by atoms with Crippen molar-refractivity contribution in [1.82, 2.24) is 20.5 Å². The highest BCUT2D eigenvalue weighted by Gasteiger charge is 2.40. The standard InChI is InChI=1S/C35H40Cl3N5O3/c1-21-13-30(37)34(31(38)14-21)46-26-10-12-42(20-26)32-8-4-23(17-41-32)27-9-11-40-18-28(27)35(45)43(25-5-6-25)19-24-15-22(3-7-29(24)36)16-33(44)39-2/h3-4,7-8,13-15,17,25-28,40H,5-6,9-12,16,18-20H2,1-2H3,(H,39,44)/t26-,27+,28-/m0/s1. The minimum absolute atomic E-state index is 0.0444. The highest BCUT2D eigenvalue weighted by molar-refractivity contribution is 6.37. The molecule has 2 aliphatic heterocycles. The van der Waals surface area contributed by atoms with E-state index in [1.807, 2.05) is 48.4 Å². The van der Waals surface area contributed by atoms with Crippen molar-refractivity contribution in [2.75, 3.05) is 38.1 Å². The largest absolute Gasteiger partial charge is 0.485 e. The van der Waals surface area contributed by atoms with E-state index in [4.69, 9.17) is 44.5 Å². The predicted octanol–water partition coefficient (Wildman–Crippen LogP) is 6.18. The zero-order valence-corrected chi connectivity index (χ0v) is 28.5. The third-order valence-electron chi connectivity index (χ3n) is 9.26. The summed E-state index contributed by atoms with van der Waals surface area (Å²) in [5.41, 5.74) is 3.82. The van der Waals surface area contributed by atoms with Crippen LogP contribution in [0.2, 0.25) is 15.1 Å². The SMILES string of the molecule is CNC(=O)Cc1ccc(Cl)c(CN(C(=O)[C@H]2CNCC[C@@H]2c2ccc(N3CC[C@H](Oc4c(Cl)cc(C)cc4Cl)C3)nc2)C2CC2)c1. The Hall–Kier alpha value is -3.04. The van der Waals surface area contributed by atoms with E-state index in [0.29, 0.717) is 40.5 Å². The van der Waals surface area contributed by atoms with E-state index in [-0.39, 0.29) is 42.2 Å². The van der Waals surface area contributed by atoms with Crippen LogP contribution >= 0.6 is 34.8 Å². The molecule has 0 bridgehead atoms. The zero-order valence-electron chi connectivity index (χ0n) is 26.2. The Balaban J connectivity index is 1.13. The first-order valence-corrected chi connectivity index (χ1v) is 17.2. The number of aryl methyl sites for hydroxylation is 1. The van der Waals surface area contributed by atoms with Crippen LogP contribution in [0, 0.1) is 12.8 Å². The van der Waals surface area contributed by atoms with Gasteiger partial charge in [0, 0.05) is 50.4 Å². The molecule has 8 nitrogen and oxygen atoms in total. The van der Waals surface area contributed by atoms with Crippen LogP contribution in [0.5, 0.6) is 5.75 Å².